The van der Waals surface area contributed by atoms with E-state index >= 15 is 0 Å². The summed E-state index contributed by atoms with van der Waals surface area (Å²) in [5.74, 6) is 0.275. The van der Waals surface area contributed by atoms with Crippen LogP contribution < -0.4 is 15.6 Å². The van der Waals surface area contributed by atoms with Gasteiger partial charge in [-0.15, -0.1) is 11.3 Å². The number of anilines is 1. The number of hydrogen-bond donors (Lipinski definition) is 1. The zero-order chi connectivity index (χ0) is 17.6. The van der Waals surface area contributed by atoms with Crippen LogP contribution in [0.2, 0.25) is 0 Å². The number of rotatable bonds is 6. The molecule has 0 saturated carbocycles. The molecule has 0 unspecified atom stereocenters. The predicted octanol–water partition coefficient (Wildman–Crippen LogP) is 3.01. The van der Waals surface area contributed by atoms with Crippen molar-refractivity contribution in [1.29, 1.82) is 0 Å². The van der Waals surface area contributed by atoms with E-state index in [1.807, 2.05) is 36.6 Å². The van der Waals surface area contributed by atoms with Crippen molar-refractivity contribution in [1.82, 2.24) is 9.55 Å². The number of aromatic nitrogens is 2. The van der Waals surface area contributed by atoms with Gasteiger partial charge in [-0.3, -0.25) is 14.2 Å². The quantitative estimate of drug-likeness (QED) is 0.738. The molecule has 1 amide bonds. The molecule has 0 aliphatic carbocycles. The number of ether oxygens (including phenoxy) is 1. The van der Waals surface area contributed by atoms with Crippen molar-refractivity contribution in [3.63, 3.8) is 0 Å². The predicted molar refractivity (Wildman–Crippen MR) is 98.1 cm³/mol. The highest BCUT2D eigenvalue weighted by Crippen LogP contribution is 2.23. The number of nitrogens with zero attached hydrogens (tertiary/aromatic N) is 2. The zero-order valence-electron chi connectivity index (χ0n) is 13.6. The minimum Gasteiger partial charge on any atom is -0.492 e. The van der Waals surface area contributed by atoms with Gasteiger partial charge >= 0.3 is 0 Å². The molecule has 2 heterocycles. The van der Waals surface area contributed by atoms with E-state index in [1.165, 1.54) is 28.3 Å². The van der Waals surface area contributed by atoms with Crippen LogP contribution >= 0.6 is 11.3 Å². The lowest BCUT2D eigenvalue weighted by Gasteiger charge is -2.11. The monoisotopic (exact) mass is 355 g/mol. The van der Waals surface area contributed by atoms with Gasteiger partial charge in [0.05, 0.1) is 29.2 Å². The van der Waals surface area contributed by atoms with Gasteiger partial charge in [-0.2, -0.15) is 0 Å². The molecule has 1 N–H and O–H groups in total. The van der Waals surface area contributed by atoms with Gasteiger partial charge in [-0.1, -0.05) is 18.2 Å². The summed E-state index contributed by atoms with van der Waals surface area (Å²) in [4.78, 5) is 29.6. The van der Waals surface area contributed by atoms with Crippen LogP contribution in [0.3, 0.4) is 0 Å². The maximum absolute atomic E-state index is 12.3. The van der Waals surface area contributed by atoms with Crippen molar-refractivity contribution < 1.29 is 9.53 Å². The van der Waals surface area contributed by atoms with E-state index in [9.17, 15) is 9.59 Å². The van der Waals surface area contributed by atoms with Crippen LogP contribution in [0.4, 0.5) is 5.69 Å². The van der Waals surface area contributed by atoms with E-state index in [4.69, 9.17) is 4.74 Å². The van der Waals surface area contributed by atoms with Gasteiger partial charge < -0.3 is 10.1 Å². The maximum Gasteiger partial charge on any atom is 0.254 e. The smallest absolute Gasteiger partial charge is 0.254 e. The summed E-state index contributed by atoms with van der Waals surface area (Å²) in [7, 11) is 0. The lowest BCUT2D eigenvalue weighted by atomic mass is 10.3. The molecule has 3 aromatic rings. The average molecular weight is 355 g/mol. The first-order valence-corrected chi connectivity index (χ1v) is 8.67. The molecule has 0 aliphatic heterocycles. The second kappa shape index (κ2) is 7.76. The highest BCUT2D eigenvalue weighted by Gasteiger charge is 2.10. The van der Waals surface area contributed by atoms with Crippen LogP contribution in [0.25, 0.3) is 10.6 Å². The fourth-order valence-electron chi connectivity index (χ4n) is 2.30. The molecule has 0 aliphatic rings. The number of hydrogen-bond acceptors (Lipinski definition) is 5. The molecule has 0 radical (unpaired) electrons. The second-order valence-electron chi connectivity index (χ2n) is 5.19. The van der Waals surface area contributed by atoms with Crippen LogP contribution in [0.1, 0.15) is 6.92 Å². The minimum absolute atomic E-state index is 0.114. The van der Waals surface area contributed by atoms with Crippen LogP contribution in [-0.2, 0) is 11.3 Å². The van der Waals surface area contributed by atoms with Crippen molar-refractivity contribution >= 4 is 22.9 Å². The summed E-state index contributed by atoms with van der Waals surface area (Å²) in [5, 5.41) is 4.69. The molecule has 25 heavy (non-hydrogen) atoms. The Bertz CT molecular complexity index is 919. The SMILES string of the molecule is CCOc1ccccc1NC(=O)Cn1cnc(-c2cccs2)cc1=O. The molecule has 6 nitrogen and oxygen atoms in total. The van der Waals surface area contributed by atoms with E-state index in [0.717, 1.165) is 4.88 Å². The third kappa shape index (κ3) is 4.13. The maximum atomic E-state index is 12.3. The average Bonchev–Trinajstić information content (AvgIpc) is 3.13. The molecule has 0 fully saturated rings. The normalized spacial score (nSPS) is 10.4. The summed E-state index contributed by atoms with van der Waals surface area (Å²) < 4.78 is 6.75. The summed E-state index contributed by atoms with van der Waals surface area (Å²) in [6.45, 7) is 2.26. The van der Waals surface area contributed by atoms with Crippen molar-refractivity contribution in [3.05, 3.63) is 64.5 Å². The molecule has 2 aromatic heterocycles. The van der Waals surface area contributed by atoms with E-state index in [-0.39, 0.29) is 18.0 Å². The van der Waals surface area contributed by atoms with Gasteiger partial charge in [0.2, 0.25) is 5.91 Å². The van der Waals surface area contributed by atoms with Gasteiger partial charge in [0.25, 0.3) is 5.56 Å². The Morgan fingerprint density at radius 2 is 2.12 bits per heavy atom. The molecular formula is C18H17N3O3S. The van der Waals surface area contributed by atoms with Gasteiger partial charge in [-0.25, -0.2) is 4.98 Å². The fourth-order valence-corrected chi connectivity index (χ4v) is 2.99. The summed E-state index contributed by atoms with van der Waals surface area (Å²) in [6, 6.07) is 12.4. The number of nitrogens with one attached hydrogen (secondary N) is 1. The molecule has 0 spiro atoms. The van der Waals surface area contributed by atoms with Crippen LogP contribution in [-0.4, -0.2) is 22.1 Å². The third-order valence-electron chi connectivity index (χ3n) is 3.43. The first kappa shape index (κ1) is 16.9. The number of amides is 1. The molecule has 7 heteroatoms. The van der Waals surface area contributed by atoms with Crippen LogP contribution in [0.5, 0.6) is 5.75 Å². The number of carbonyl (C=O) groups excluding carboxylic acids is 1. The van der Waals surface area contributed by atoms with Crippen molar-refractivity contribution in [3.8, 4) is 16.3 Å². The van der Waals surface area contributed by atoms with Gasteiger partial charge in [-0.05, 0) is 30.5 Å². The number of carbonyl (C=O) groups is 1. The summed E-state index contributed by atoms with van der Waals surface area (Å²) >= 11 is 1.51. The van der Waals surface area contributed by atoms with E-state index in [0.29, 0.717) is 23.7 Å². The van der Waals surface area contributed by atoms with Crippen molar-refractivity contribution in [2.75, 3.05) is 11.9 Å². The van der Waals surface area contributed by atoms with Gasteiger partial charge in [0.1, 0.15) is 12.3 Å². The molecule has 0 bridgehead atoms. The van der Waals surface area contributed by atoms with E-state index in [2.05, 4.69) is 10.3 Å². The molecule has 3 rings (SSSR count). The van der Waals surface area contributed by atoms with Crippen LogP contribution in [0.15, 0.2) is 59.0 Å². The molecule has 0 atom stereocenters. The van der Waals surface area contributed by atoms with Crippen LogP contribution in [0, 0.1) is 0 Å². The van der Waals surface area contributed by atoms with Gasteiger partial charge in [0, 0.05) is 6.07 Å². The Labute approximate surface area is 148 Å². The van der Waals surface area contributed by atoms with E-state index < -0.39 is 0 Å². The highest BCUT2D eigenvalue weighted by atomic mass is 32.1. The van der Waals surface area contributed by atoms with Gasteiger partial charge in [0.15, 0.2) is 0 Å². The Hall–Kier alpha value is -2.93. The summed E-state index contributed by atoms with van der Waals surface area (Å²) in [6.07, 6.45) is 1.39. The van der Waals surface area contributed by atoms with E-state index in [1.54, 1.807) is 12.1 Å². The molecule has 128 valence electrons. The molecule has 1 aromatic carbocycles. The lowest BCUT2D eigenvalue weighted by Crippen LogP contribution is -2.27. The largest absolute Gasteiger partial charge is 0.492 e. The zero-order valence-corrected chi connectivity index (χ0v) is 14.5. The Morgan fingerprint density at radius 3 is 2.84 bits per heavy atom. The highest BCUT2D eigenvalue weighted by molar-refractivity contribution is 7.13. The Kier molecular flexibility index (Phi) is 5.25. The fraction of sp³-hybridized carbons (Fsp3) is 0.167. The standard InChI is InChI=1S/C18H17N3O3S/c1-2-24-15-7-4-3-6-13(15)20-17(22)11-21-12-19-14(10-18(21)23)16-8-5-9-25-16/h3-10,12H,2,11H2,1H3,(H,20,22). The molecule has 0 saturated heterocycles. The van der Waals surface area contributed by atoms with Crippen molar-refractivity contribution in [2.24, 2.45) is 0 Å². The third-order valence-corrected chi connectivity index (χ3v) is 4.32. The lowest BCUT2D eigenvalue weighted by molar-refractivity contribution is -0.116. The topological polar surface area (TPSA) is 73.2 Å². The van der Waals surface area contributed by atoms with Crippen molar-refractivity contribution in [2.45, 2.75) is 13.5 Å². The Balaban J connectivity index is 1.72. The summed E-state index contributed by atoms with van der Waals surface area (Å²) in [5.41, 5.74) is 0.913. The Morgan fingerprint density at radius 1 is 1.28 bits per heavy atom. The number of para-hydroxylation sites is 2. The first-order valence-electron chi connectivity index (χ1n) is 7.79. The molecular weight excluding hydrogens is 338 g/mol. The first-order chi connectivity index (χ1) is 12.2. The number of benzene rings is 1. The second-order valence-corrected chi connectivity index (χ2v) is 6.14. The minimum atomic E-state index is -0.320. The number of thiophene rings is 1.